The molecule has 3 heteroatoms. The highest BCUT2D eigenvalue weighted by molar-refractivity contribution is 5.77. The van der Waals surface area contributed by atoms with Crippen LogP contribution < -0.4 is 5.32 Å². The predicted molar refractivity (Wildman–Crippen MR) is 62.7 cm³/mol. The van der Waals surface area contributed by atoms with Crippen molar-refractivity contribution in [2.45, 2.75) is 39.2 Å². The standard InChI is InChI=1S/C12H24N2O/c1-9-5-10(2)7-11(6-9)13-8-12(15)14(3)4/h9-11,13H,5-8H2,1-4H3/t9-,10-/m0/s1. The van der Waals surface area contributed by atoms with Gasteiger partial charge in [-0.2, -0.15) is 0 Å². The lowest BCUT2D eigenvalue weighted by atomic mass is 9.80. The molecule has 15 heavy (non-hydrogen) atoms. The Labute approximate surface area is 93.2 Å². The number of nitrogens with zero attached hydrogens (tertiary/aromatic N) is 1. The van der Waals surface area contributed by atoms with Crippen molar-refractivity contribution in [1.82, 2.24) is 10.2 Å². The van der Waals surface area contributed by atoms with Crippen molar-refractivity contribution < 1.29 is 4.79 Å². The largest absolute Gasteiger partial charge is 0.348 e. The molecule has 1 rings (SSSR count). The van der Waals surface area contributed by atoms with Crippen molar-refractivity contribution in [3.8, 4) is 0 Å². The maximum atomic E-state index is 11.4. The van der Waals surface area contributed by atoms with Crippen LogP contribution in [0.5, 0.6) is 0 Å². The molecular weight excluding hydrogens is 188 g/mol. The van der Waals surface area contributed by atoms with E-state index in [9.17, 15) is 4.79 Å². The molecule has 0 spiro atoms. The molecule has 2 atom stereocenters. The highest BCUT2D eigenvalue weighted by atomic mass is 16.2. The molecule has 0 unspecified atom stereocenters. The fraction of sp³-hybridized carbons (Fsp3) is 0.917. The van der Waals surface area contributed by atoms with Crippen LogP contribution in [0.3, 0.4) is 0 Å². The molecule has 0 radical (unpaired) electrons. The minimum Gasteiger partial charge on any atom is -0.348 e. The summed E-state index contributed by atoms with van der Waals surface area (Å²) in [5.41, 5.74) is 0. The summed E-state index contributed by atoms with van der Waals surface area (Å²) in [6, 6.07) is 0.535. The molecule has 0 heterocycles. The molecule has 0 aromatic carbocycles. The van der Waals surface area contributed by atoms with Crippen LogP contribution in [0.2, 0.25) is 0 Å². The highest BCUT2D eigenvalue weighted by Gasteiger charge is 2.23. The highest BCUT2D eigenvalue weighted by Crippen LogP contribution is 2.28. The van der Waals surface area contributed by atoms with E-state index in [0.717, 1.165) is 11.8 Å². The topological polar surface area (TPSA) is 32.3 Å². The van der Waals surface area contributed by atoms with E-state index < -0.39 is 0 Å². The van der Waals surface area contributed by atoms with Gasteiger partial charge in [-0.25, -0.2) is 0 Å². The van der Waals surface area contributed by atoms with Gasteiger partial charge in [0.15, 0.2) is 0 Å². The normalized spacial score (nSPS) is 31.3. The smallest absolute Gasteiger partial charge is 0.236 e. The molecule has 1 saturated carbocycles. The van der Waals surface area contributed by atoms with E-state index in [2.05, 4.69) is 19.2 Å². The molecule has 3 nitrogen and oxygen atoms in total. The van der Waals surface area contributed by atoms with Crippen molar-refractivity contribution in [3.05, 3.63) is 0 Å². The summed E-state index contributed by atoms with van der Waals surface area (Å²) in [7, 11) is 3.60. The molecule has 0 saturated heterocycles. The zero-order valence-electron chi connectivity index (χ0n) is 10.4. The first-order valence-corrected chi connectivity index (χ1v) is 5.92. The Kier molecular flexibility index (Phi) is 4.58. The third-order valence-electron chi connectivity index (χ3n) is 3.22. The van der Waals surface area contributed by atoms with Crippen molar-refractivity contribution in [1.29, 1.82) is 0 Å². The first-order chi connectivity index (χ1) is 6.99. The van der Waals surface area contributed by atoms with Crippen LogP contribution in [-0.4, -0.2) is 37.5 Å². The van der Waals surface area contributed by atoms with Crippen LogP contribution in [0.4, 0.5) is 0 Å². The van der Waals surface area contributed by atoms with Crippen LogP contribution in [0.15, 0.2) is 0 Å². The second-order valence-electron chi connectivity index (χ2n) is 5.28. The summed E-state index contributed by atoms with van der Waals surface area (Å²) in [6.07, 6.45) is 3.76. The van der Waals surface area contributed by atoms with E-state index in [0.29, 0.717) is 12.6 Å². The second-order valence-corrected chi connectivity index (χ2v) is 5.28. The monoisotopic (exact) mass is 212 g/mol. The average Bonchev–Trinajstić information content (AvgIpc) is 2.12. The Morgan fingerprint density at radius 3 is 2.20 bits per heavy atom. The van der Waals surface area contributed by atoms with E-state index in [1.54, 1.807) is 19.0 Å². The molecule has 0 bridgehead atoms. The number of carbonyl (C=O) groups excluding carboxylic acids is 1. The Bertz CT molecular complexity index is 206. The van der Waals surface area contributed by atoms with Gasteiger partial charge in [-0.15, -0.1) is 0 Å². The number of amides is 1. The lowest BCUT2D eigenvalue weighted by Crippen LogP contribution is -2.42. The summed E-state index contributed by atoms with van der Waals surface area (Å²) < 4.78 is 0. The van der Waals surface area contributed by atoms with Gasteiger partial charge in [0, 0.05) is 20.1 Å². The molecule has 1 N–H and O–H groups in total. The van der Waals surface area contributed by atoms with E-state index in [4.69, 9.17) is 0 Å². The number of hydrogen-bond donors (Lipinski definition) is 1. The average molecular weight is 212 g/mol. The van der Waals surface area contributed by atoms with E-state index >= 15 is 0 Å². The Morgan fingerprint density at radius 2 is 1.73 bits per heavy atom. The summed E-state index contributed by atoms with van der Waals surface area (Å²) >= 11 is 0. The minimum absolute atomic E-state index is 0.167. The van der Waals surface area contributed by atoms with Gasteiger partial charge >= 0.3 is 0 Å². The van der Waals surface area contributed by atoms with Gasteiger partial charge in [0.05, 0.1) is 6.54 Å². The van der Waals surface area contributed by atoms with E-state index in [1.165, 1.54) is 19.3 Å². The quantitative estimate of drug-likeness (QED) is 0.768. The number of nitrogens with one attached hydrogen (secondary N) is 1. The Morgan fingerprint density at radius 1 is 1.20 bits per heavy atom. The number of likely N-dealkylation sites (N-methyl/N-ethyl adjacent to an activating group) is 1. The van der Waals surface area contributed by atoms with Crippen LogP contribution in [-0.2, 0) is 4.79 Å². The molecule has 1 fully saturated rings. The van der Waals surface area contributed by atoms with Gasteiger partial charge in [0.2, 0.25) is 5.91 Å². The Balaban J connectivity index is 2.29. The molecule has 0 aliphatic heterocycles. The molecule has 88 valence electrons. The third-order valence-corrected chi connectivity index (χ3v) is 3.22. The van der Waals surface area contributed by atoms with Crippen LogP contribution in [0.25, 0.3) is 0 Å². The zero-order valence-corrected chi connectivity index (χ0v) is 10.4. The molecule has 1 aliphatic rings. The molecular formula is C12H24N2O. The maximum Gasteiger partial charge on any atom is 0.236 e. The van der Waals surface area contributed by atoms with Gasteiger partial charge in [-0.05, 0) is 31.1 Å². The summed E-state index contributed by atoms with van der Waals surface area (Å²) in [5, 5.41) is 3.37. The molecule has 1 amide bonds. The minimum atomic E-state index is 0.167. The lowest BCUT2D eigenvalue weighted by molar-refractivity contribution is -0.127. The fourth-order valence-electron chi connectivity index (χ4n) is 2.50. The van der Waals surface area contributed by atoms with E-state index in [-0.39, 0.29) is 5.91 Å². The van der Waals surface area contributed by atoms with Crippen molar-refractivity contribution in [2.75, 3.05) is 20.6 Å². The SMILES string of the molecule is C[C@@H]1CC(NCC(=O)N(C)C)C[C@@H](C)C1. The third kappa shape index (κ3) is 4.20. The van der Waals surface area contributed by atoms with Crippen molar-refractivity contribution in [3.63, 3.8) is 0 Å². The molecule has 0 aromatic heterocycles. The fourth-order valence-corrected chi connectivity index (χ4v) is 2.50. The summed E-state index contributed by atoms with van der Waals surface area (Å²) in [6.45, 7) is 5.09. The van der Waals surface area contributed by atoms with Crippen LogP contribution >= 0.6 is 0 Å². The first-order valence-electron chi connectivity index (χ1n) is 5.92. The number of hydrogen-bond acceptors (Lipinski definition) is 2. The molecule has 1 aliphatic carbocycles. The molecule has 0 aromatic rings. The van der Waals surface area contributed by atoms with Gasteiger partial charge in [0.1, 0.15) is 0 Å². The van der Waals surface area contributed by atoms with Crippen molar-refractivity contribution in [2.24, 2.45) is 11.8 Å². The van der Waals surface area contributed by atoms with Crippen molar-refractivity contribution >= 4 is 5.91 Å². The van der Waals surface area contributed by atoms with Crippen LogP contribution in [0.1, 0.15) is 33.1 Å². The number of rotatable bonds is 3. The summed E-state index contributed by atoms with van der Waals surface area (Å²) in [5.74, 6) is 1.75. The first kappa shape index (κ1) is 12.5. The Hall–Kier alpha value is -0.570. The zero-order chi connectivity index (χ0) is 11.4. The van der Waals surface area contributed by atoms with Gasteiger partial charge in [-0.3, -0.25) is 4.79 Å². The van der Waals surface area contributed by atoms with Crippen LogP contribution in [0, 0.1) is 11.8 Å². The lowest BCUT2D eigenvalue weighted by Gasteiger charge is -2.32. The number of carbonyl (C=O) groups is 1. The summed E-state index contributed by atoms with van der Waals surface area (Å²) in [4.78, 5) is 13.1. The van der Waals surface area contributed by atoms with E-state index in [1.807, 2.05) is 0 Å². The maximum absolute atomic E-state index is 11.4. The van der Waals surface area contributed by atoms with Gasteiger partial charge in [0.25, 0.3) is 0 Å². The predicted octanol–water partition coefficient (Wildman–Crippen LogP) is 1.49. The van der Waals surface area contributed by atoms with Gasteiger partial charge in [-0.1, -0.05) is 13.8 Å². The second kappa shape index (κ2) is 5.50. The van der Waals surface area contributed by atoms with Gasteiger partial charge < -0.3 is 10.2 Å².